The summed E-state index contributed by atoms with van der Waals surface area (Å²) in [5.41, 5.74) is 1.34. The number of rotatable bonds is 4. The Bertz CT molecular complexity index is 695. The van der Waals surface area contributed by atoms with Crippen molar-refractivity contribution in [3.63, 3.8) is 0 Å². The highest BCUT2D eigenvalue weighted by atomic mass is 16.6. The molecule has 2 aromatic carbocycles. The van der Waals surface area contributed by atoms with Crippen molar-refractivity contribution in [3.05, 3.63) is 59.7 Å². The summed E-state index contributed by atoms with van der Waals surface area (Å²) < 4.78 is 11.1. The van der Waals surface area contributed by atoms with E-state index in [0.717, 1.165) is 16.9 Å². The molecule has 120 valence electrons. The van der Waals surface area contributed by atoms with Crippen molar-refractivity contribution >= 4 is 5.91 Å². The summed E-state index contributed by atoms with van der Waals surface area (Å²) in [6, 6.07) is 15.6. The zero-order valence-corrected chi connectivity index (χ0v) is 13.5. The Morgan fingerprint density at radius 3 is 2.48 bits per heavy atom. The lowest BCUT2D eigenvalue weighted by atomic mass is 9.83. The number of hydrogen-bond donors (Lipinski definition) is 1. The molecule has 0 unspecified atom stereocenters. The quantitative estimate of drug-likeness (QED) is 0.944. The van der Waals surface area contributed by atoms with Crippen LogP contribution in [-0.2, 0) is 16.8 Å². The van der Waals surface area contributed by atoms with E-state index in [4.69, 9.17) is 9.47 Å². The number of amides is 1. The lowest BCUT2D eigenvalue weighted by molar-refractivity contribution is -0.125. The number of carbonyl (C=O) groups excluding carboxylic acids is 1. The van der Waals surface area contributed by atoms with E-state index in [1.807, 2.05) is 62.4 Å². The average Bonchev–Trinajstić information content (AvgIpc) is 2.60. The molecule has 4 heteroatoms. The molecule has 23 heavy (non-hydrogen) atoms. The van der Waals surface area contributed by atoms with Crippen LogP contribution in [-0.4, -0.2) is 19.1 Å². The molecule has 0 bridgehead atoms. The third kappa shape index (κ3) is 3.31. The summed E-state index contributed by atoms with van der Waals surface area (Å²) in [4.78, 5) is 12.6. The van der Waals surface area contributed by atoms with E-state index in [0.29, 0.717) is 25.5 Å². The molecule has 4 nitrogen and oxygen atoms in total. The van der Waals surface area contributed by atoms with E-state index in [-0.39, 0.29) is 5.91 Å². The topological polar surface area (TPSA) is 47.6 Å². The first-order chi connectivity index (χ1) is 11.1. The predicted octanol–water partition coefficient (Wildman–Crippen LogP) is 3.05. The second-order valence-corrected chi connectivity index (χ2v) is 6.15. The van der Waals surface area contributed by atoms with E-state index in [1.54, 1.807) is 0 Å². The van der Waals surface area contributed by atoms with Crippen LogP contribution < -0.4 is 14.8 Å². The van der Waals surface area contributed by atoms with Gasteiger partial charge in [0, 0.05) is 6.54 Å². The maximum absolute atomic E-state index is 12.6. The second-order valence-electron chi connectivity index (χ2n) is 6.15. The Morgan fingerprint density at radius 2 is 1.74 bits per heavy atom. The maximum Gasteiger partial charge on any atom is 0.230 e. The SMILES string of the molecule is CC(C)(C(=O)NCc1ccccc1)c1ccc2c(c1)OCCO2. The van der Waals surface area contributed by atoms with Gasteiger partial charge in [-0.15, -0.1) is 0 Å². The summed E-state index contributed by atoms with van der Waals surface area (Å²) in [6.45, 7) is 5.45. The summed E-state index contributed by atoms with van der Waals surface area (Å²) >= 11 is 0. The van der Waals surface area contributed by atoms with Crippen LogP contribution in [0.4, 0.5) is 0 Å². The van der Waals surface area contributed by atoms with Gasteiger partial charge in [-0.2, -0.15) is 0 Å². The zero-order valence-electron chi connectivity index (χ0n) is 13.5. The van der Waals surface area contributed by atoms with Crippen LogP contribution in [0.5, 0.6) is 11.5 Å². The van der Waals surface area contributed by atoms with Gasteiger partial charge in [0.1, 0.15) is 13.2 Å². The van der Waals surface area contributed by atoms with Crippen LogP contribution in [0.3, 0.4) is 0 Å². The standard InChI is InChI=1S/C19H21NO3/c1-19(2,18(21)20-13-14-6-4-3-5-7-14)15-8-9-16-17(12-15)23-11-10-22-16/h3-9,12H,10-11,13H2,1-2H3,(H,20,21). The van der Waals surface area contributed by atoms with Crippen molar-refractivity contribution in [1.29, 1.82) is 0 Å². The minimum absolute atomic E-state index is 0.0157. The predicted molar refractivity (Wildman–Crippen MR) is 88.7 cm³/mol. The molecule has 0 saturated carbocycles. The molecule has 1 heterocycles. The molecule has 1 aliphatic rings. The third-order valence-electron chi connectivity index (χ3n) is 4.13. The van der Waals surface area contributed by atoms with Gasteiger partial charge < -0.3 is 14.8 Å². The summed E-state index contributed by atoms with van der Waals surface area (Å²) in [7, 11) is 0. The first-order valence-corrected chi connectivity index (χ1v) is 7.80. The first-order valence-electron chi connectivity index (χ1n) is 7.80. The minimum Gasteiger partial charge on any atom is -0.486 e. The molecular weight excluding hydrogens is 290 g/mol. The minimum atomic E-state index is -0.648. The van der Waals surface area contributed by atoms with Crippen LogP contribution in [0.2, 0.25) is 0 Å². The molecule has 0 aromatic heterocycles. The number of carbonyl (C=O) groups is 1. The number of hydrogen-bond acceptors (Lipinski definition) is 3. The molecule has 0 atom stereocenters. The Kier molecular flexibility index (Phi) is 4.24. The van der Waals surface area contributed by atoms with Crippen LogP contribution in [0, 0.1) is 0 Å². The monoisotopic (exact) mass is 311 g/mol. The largest absolute Gasteiger partial charge is 0.486 e. The van der Waals surface area contributed by atoms with Gasteiger partial charge in [-0.3, -0.25) is 4.79 Å². The van der Waals surface area contributed by atoms with Gasteiger partial charge in [0.15, 0.2) is 11.5 Å². The fourth-order valence-corrected chi connectivity index (χ4v) is 2.56. The van der Waals surface area contributed by atoms with E-state index in [2.05, 4.69) is 5.32 Å². The summed E-state index contributed by atoms with van der Waals surface area (Å²) in [6.07, 6.45) is 0. The van der Waals surface area contributed by atoms with Crippen LogP contribution in [0.25, 0.3) is 0 Å². The third-order valence-corrected chi connectivity index (χ3v) is 4.13. The summed E-state index contributed by atoms with van der Waals surface area (Å²) in [5, 5.41) is 3.01. The van der Waals surface area contributed by atoms with E-state index in [9.17, 15) is 4.79 Å². The van der Waals surface area contributed by atoms with Gasteiger partial charge >= 0.3 is 0 Å². The Hall–Kier alpha value is -2.49. The van der Waals surface area contributed by atoms with Crippen LogP contribution >= 0.6 is 0 Å². The summed E-state index contributed by atoms with van der Waals surface area (Å²) in [5.74, 6) is 1.43. The molecule has 1 amide bonds. The fourth-order valence-electron chi connectivity index (χ4n) is 2.56. The van der Waals surface area contributed by atoms with E-state index < -0.39 is 5.41 Å². The van der Waals surface area contributed by atoms with Gasteiger partial charge in [0.05, 0.1) is 5.41 Å². The van der Waals surface area contributed by atoms with Crippen molar-refractivity contribution < 1.29 is 14.3 Å². The lowest BCUT2D eigenvalue weighted by Gasteiger charge is -2.26. The van der Waals surface area contributed by atoms with Gasteiger partial charge in [0.2, 0.25) is 5.91 Å². The van der Waals surface area contributed by atoms with Crippen LogP contribution in [0.15, 0.2) is 48.5 Å². The maximum atomic E-state index is 12.6. The van der Waals surface area contributed by atoms with Crippen molar-refractivity contribution in [3.8, 4) is 11.5 Å². The van der Waals surface area contributed by atoms with Crippen molar-refractivity contribution in [2.24, 2.45) is 0 Å². The molecule has 2 aromatic rings. The molecule has 0 aliphatic carbocycles. The van der Waals surface area contributed by atoms with Gasteiger partial charge in [-0.25, -0.2) is 0 Å². The molecule has 1 N–H and O–H groups in total. The van der Waals surface area contributed by atoms with Crippen molar-refractivity contribution in [1.82, 2.24) is 5.32 Å². The number of fused-ring (bicyclic) bond motifs is 1. The smallest absolute Gasteiger partial charge is 0.230 e. The van der Waals surface area contributed by atoms with Crippen molar-refractivity contribution in [2.75, 3.05) is 13.2 Å². The molecule has 3 rings (SSSR count). The van der Waals surface area contributed by atoms with Gasteiger partial charge in [-0.1, -0.05) is 36.4 Å². The molecule has 1 aliphatic heterocycles. The molecule has 0 fully saturated rings. The Balaban J connectivity index is 1.73. The second kappa shape index (κ2) is 6.32. The van der Waals surface area contributed by atoms with Gasteiger partial charge in [-0.05, 0) is 37.1 Å². The Labute approximate surface area is 136 Å². The highest BCUT2D eigenvalue weighted by Gasteiger charge is 2.31. The molecule has 0 radical (unpaired) electrons. The zero-order chi connectivity index (χ0) is 16.3. The van der Waals surface area contributed by atoms with Crippen LogP contribution in [0.1, 0.15) is 25.0 Å². The average molecular weight is 311 g/mol. The highest BCUT2D eigenvalue weighted by molar-refractivity contribution is 5.87. The molecular formula is C19H21NO3. The number of nitrogens with one attached hydrogen (secondary N) is 1. The lowest BCUT2D eigenvalue weighted by Crippen LogP contribution is -2.39. The van der Waals surface area contributed by atoms with Gasteiger partial charge in [0.25, 0.3) is 0 Å². The fraction of sp³-hybridized carbons (Fsp3) is 0.316. The van der Waals surface area contributed by atoms with Crippen molar-refractivity contribution in [2.45, 2.75) is 25.8 Å². The number of benzene rings is 2. The van der Waals surface area contributed by atoms with E-state index >= 15 is 0 Å². The molecule has 0 saturated heterocycles. The first kappa shape index (κ1) is 15.4. The Morgan fingerprint density at radius 1 is 1.04 bits per heavy atom. The highest BCUT2D eigenvalue weighted by Crippen LogP contribution is 2.35. The molecule has 0 spiro atoms. The number of ether oxygens (including phenoxy) is 2. The normalized spacial score (nSPS) is 13.5. The van der Waals surface area contributed by atoms with E-state index in [1.165, 1.54) is 0 Å².